The lowest BCUT2D eigenvalue weighted by Crippen LogP contribution is -2.07. The molecule has 1 rings (SSSR count). The molecular weight excluding hydrogens is 375 g/mol. The highest BCUT2D eigenvalue weighted by molar-refractivity contribution is 14.1. The Balaban J connectivity index is 2.29. The third-order valence-corrected chi connectivity index (χ3v) is 4.88. The largest absolute Gasteiger partial charge is 0.296 e. The molecule has 3 nitrogen and oxygen atoms in total. The summed E-state index contributed by atoms with van der Waals surface area (Å²) in [6.45, 7) is 2.46. The number of hydrogen-bond acceptors (Lipinski definition) is 3. The highest BCUT2D eigenvalue weighted by Gasteiger charge is 2.14. The molecule has 1 aromatic carbocycles. The van der Waals surface area contributed by atoms with Crippen LogP contribution in [0.3, 0.4) is 0 Å². The van der Waals surface area contributed by atoms with E-state index in [4.69, 9.17) is 4.18 Å². The van der Waals surface area contributed by atoms with Gasteiger partial charge in [-0.3, -0.25) is 4.18 Å². The minimum Gasteiger partial charge on any atom is -0.266 e. The maximum absolute atomic E-state index is 11.9. The summed E-state index contributed by atoms with van der Waals surface area (Å²) in [6, 6.07) is 6.69. The van der Waals surface area contributed by atoms with Crippen LogP contribution in [0.1, 0.15) is 45.4 Å². The van der Waals surface area contributed by atoms with Crippen molar-refractivity contribution in [3.05, 3.63) is 27.8 Å². The van der Waals surface area contributed by atoms with E-state index in [1.54, 1.807) is 24.3 Å². The minimum atomic E-state index is -3.58. The van der Waals surface area contributed by atoms with Crippen LogP contribution in [-0.4, -0.2) is 15.0 Å². The lowest BCUT2D eigenvalue weighted by Gasteiger charge is -2.05. The van der Waals surface area contributed by atoms with Crippen molar-refractivity contribution in [3.8, 4) is 0 Å². The van der Waals surface area contributed by atoms with Crippen molar-refractivity contribution in [2.75, 3.05) is 6.61 Å². The van der Waals surface area contributed by atoms with E-state index in [2.05, 4.69) is 29.5 Å². The van der Waals surface area contributed by atoms with Crippen LogP contribution in [0.15, 0.2) is 29.2 Å². The Morgan fingerprint density at radius 2 is 1.58 bits per heavy atom. The molecule has 0 aromatic heterocycles. The molecule has 0 fully saturated rings. The standard InChI is InChI=1S/C14H21IO3S/c1-2-3-4-5-6-7-12-18-19(16,17)14-10-8-13(15)9-11-14/h8-11H,2-7,12H2,1H3. The van der Waals surface area contributed by atoms with Crippen LogP contribution < -0.4 is 0 Å². The van der Waals surface area contributed by atoms with Crippen LogP contribution in [0.2, 0.25) is 0 Å². The van der Waals surface area contributed by atoms with E-state index in [-0.39, 0.29) is 11.5 Å². The molecule has 0 spiro atoms. The monoisotopic (exact) mass is 396 g/mol. The molecular formula is C14H21IO3S. The van der Waals surface area contributed by atoms with Crippen molar-refractivity contribution in [3.63, 3.8) is 0 Å². The summed E-state index contributed by atoms with van der Waals surface area (Å²) in [5, 5.41) is 0. The van der Waals surface area contributed by atoms with Gasteiger partial charge in [0.05, 0.1) is 11.5 Å². The van der Waals surface area contributed by atoms with Gasteiger partial charge in [-0.25, -0.2) is 0 Å². The van der Waals surface area contributed by atoms with Crippen molar-refractivity contribution in [1.29, 1.82) is 0 Å². The lowest BCUT2D eigenvalue weighted by molar-refractivity contribution is 0.306. The van der Waals surface area contributed by atoms with Crippen LogP contribution >= 0.6 is 22.6 Å². The quantitative estimate of drug-likeness (QED) is 0.354. The first-order valence-corrected chi connectivity index (χ1v) is 9.20. The molecule has 0 N–H and O–H groups in total. The fourth-order valence-electron chi connectivity index (χ4n) is 1.72. The number of rotatable bonds is 9. The number of hydrogen-bond donors (Lipinski definition) is 0. The van der Waals surface area contributed by atoms with E-state index >= 15 is 0 Å². The first-order chi connectivity index (χ1) is 9.06. The Kier molecular flexibility index (Phi) is 7.94. The molecule has 0 heterocycles. The first-order valence-electron chi connectivity index (χ1n) is 6.71. The van der Waals surface area contributed by atoms with Crippen LogP contribution in [0.5, 0.6) is 0 Å². The molecule has 5 heteroatoms. The van der Waals surface area contributed by atoms with Crippen LogP contribution in [0.4, 0.5) is 0 Å². The SMILES string of the molecule is CCCCCCCCOS(=O)(=O)c1ccc(I)cc1. The third-order valence-electron chi connectivity index (χ3n) is 2.84. The van der Waals surface area contributed by atoms with Crippen molar-refractivity contribution in [2.45, 2.75) is 50.3 Å². The Hall–Kier alpha value is -0.140. The molecule has 0 atom stereocenters. The maximum Gasteiger partial charge on any atom is 0.296 e. The van der Waals surface area contributed by atoms with E-state index in [1.807, 2.05) is 0 Å². The second-order valence-corrected chi connectivity index (χ2v) is 7.36. The molecule has 0 aliphatic rings. The van der Waals surface area contributed by atoms with Crippen LogP contribution in [-0.2, 0) is 14.3 Å². The van der Waals surface area contributed by atoms with Gasteiger partial charge in [-0.15, -0.1) is 0 Å². The summed E-state index contributed by atoms with van der Waals surface area (Å²) in [6.07, 6.45) is 6.68. The molecule has 19 heavy (non-hydrogen) atoms. The summed E-state index contributed by atoms with van der Waals surface area (Å²) in [4.78, 5) is 0.235. The minimum absolute atomic E-state index is 0.235. The summed E-state index contributed by atoms with van der Waals surface area (Å²) in [5.74, 6) is 0. The molecule has 0 aliphatic heterocycles. The van der Waals surface area contributed by atoms with Gasteiger partial charge in [-0.05, 0) is 53.3 Å². The van der Waals surface area contributed by atoms with Crippen molar-refractivity contribution in [2.24, 2.45) is 0 Å². The predicted octanol–water partition coefficient (Wildman–Crippen LogP) is 4.36. The van der Waals surface area contributed by atoms with Crippen molar-refractivity contribution in [1.82, 2.24) is 0 Å². The molecule has 1 aromatic rings. The zero-order chi connectivity index (χ0) is 14.1. The molecule has 0 amide bonds. The second-order valence-electron chi connectivity index (χ2n) is 4.50. The Morgan fingerprint density at radius 3 is 2.21 bits per heavy atom. The summed E-state index contributed by atoms with van der Waals surface area (Å²) >= 11 is 2.14. The van der Waals surface area contributed by atoms with Crippen LogP contribution in [0, 0.1) is 3.57 Å². The summed E-state index contributed by atoms with van der Waals surface area (Å²) in [5.41, 5.74) is 0. The zero-order valence-corrected chi connectivity index (χ0v) is 14.2. The third kappa shape index (κ3) is 6.72. The van der Waals surface area contributed by atoms with Gasteiger partial charge in [0.2, 0.25) is 0 Å². The Labute approximate surface area is 130 Å². The van der Waals surface area contributed by atoms with E-state index in [9.17, 15) is 8.42 Å². The van der Waals surface area contributed by atoms with Crippen molar-refractivity contribution >= 4 is 32.7 Å². The van der Waals surface area contributed by atoms with Gasteiger partial charge in [0.1, 0.15) is 0 Å². The van der Waals surface area contributed by atoms with Gasteiger partial charge in [-0.1, -0.05) is 39.0 Å². The molecule has 0 saturated carbocycles. The second kappa shape index (κ2) is 8.92. The van der Waals surface area contributed by atoms with E-state index < -0.39 is 10.1 Å². The summed E-state index contributed by atoms with van der Waals surface area (Å²) < 4.78 is 29.7. The van der Waals surface area contributed by atoms with Gasteiger partial charge in [0.25, 0.3) is 10.1 Å². The number of unbranched alkanes of at least 4 members (excludes halogenated alkanes) is 5. The van der Waals surface area contributed by atoms with E-state index in [1.165, 1.54) is 19.3 Å². The molecule has 108 valence electrons. The van der Waals surface area contributed by atoms with Gasteiger partial charge >= 0.3 is 0 Å². The fourth-order valence-corrected chi connectivity index (χ4v) is 3.02. The Bertz CT molecular complexity index is 454. The number of benzene rings is 1. The Morgan fingerprint density at radius 1 is 1.00 bits per heavy atom. The number of halogens is 1. The van der Waals surface area contributed by atoms with Crippen LogP contribution in [0.25, 0.3) is 0 Å². The van der Waals surface area contributed by atoms with Gasteiger partial charge in [0.15, 0.2) is 0 Å². The molecule has 0 radical (unpaired) electrons. The van der Waals surface area contributed by atoms with Gasteiger partial charge < -0.3 is 0 Å². The highest BCUT2D eigenvalue weighted by atomic mass is 127. The fraction of sp³-hybridized carbons (Fsp3) is 0.571. The normalized spacial score (nSPS) is 11.7. The molecule has 0 saturated heterocycles. The lowest BCUT2D eigenvalue weighted by atomic mass is 10.1. The van der Waals surface area contributed by atoms with E-state index in [0.29, 0.717) is 0 Å². The topological polar surface area (TPSA) is 43.4 Å². The van der Waals surface area contributed by atoms with Gasteiger partial charge in [-0.2, -0.15) is 8.42 Å². The van der Waals surface area contributed by atoms with Gasteiger partial charge in [0, 0.05) is 3.57 Å². The molecule has 0 bridgehead atoms. The zero-order valence-electron chi connectivity index (χ0n) is 11.3. The predicted molar refractivity (Wildman–Crippen MR) is 85.7 cm³/mol. The average molecular weight is 396 g/mol. The highest BCUT2D eigenvalue weighted by Crippen LogP contribution is 2.15. The maximum atomic E-state index is 11.9. The van der Waals surface area contributed by atoms with Crippen molar-refractivity contribution < 1.29 is 12.6 Å². The molecule has 0 aliphatic carbocycles. The first kappa shape index (κ1) is 16.9. The smallest absolute Gasteiger partial charge is 0.266 e. The molecule has 0 unspecified atom stereocenters. The summed E-state index contributed by atoms with van der Waals surface area (Å²) in [7, 11) is -3.58. The average Bonchev–Trinajstić information content (AvgIpc) is 2.38. The van der Waals surface area contributed by atoms with E-state index in [0.717, 1.165) is 22.8 Å².